The Hall–Kier alpha value is -0.0800. The minimum absolute atomic E-state index is 0.143. The Morgan fingerprint density at radius 2 is 2.20 bits per heavy atom. The first-order chi connectivity index (χ1) is 7.22. The fourth-order valence-corrected chi connectivity index (χ4v) is 2.63. The van der Waals surface area contributed by atoms with Crippen LogP contribution in [0.3, 0.4) is 0 Å². The number of nitrogens with one attached hydrogen (secondary N) is 1. The molecule has 0 aromatic heterocycles. The standard InChI is InChI=1S/C13H27NO/c1-3-5-13(15)10-14-9-12-7-4-6-11(2)8-12/h11-15H,3-10H2,1-2H3. The highest BCUT2D eigenvalue weighted by molar-refractivity contribution is 4.72. The van der Waals surface area contributed by atoms with Crippen molar-refractivity contribution < 1.29 is 5.11 Å². The van der Waals surface area contributed by atoms with Crippen LogP contribution >= 0.6 is 0 Å². The second-order valence-corrected chi connectivity index (χ2v) is 5.24. The second-order valence-electron chi connectivity index (χ2n) is 5.24. The van der Waals surface area contributed by atoms with Crippen LogP contribution in [0.2, 0.25) is 0 Å². The van der Waals surface area contributed by atoms with Gasteiger partial charge in [-0.3, -0.25) is 0 Å². The topological polar surface area (TPSA) is 32.3 Å². The molecule has 0 aliphatic heterocycles. The van der Waals surface area contributed by atoms with Crippen molar-refractivity contribution >= 4 is 0 Å². The van der Waals surface area contributed by atoms with Crippen molar-refractivity contribution in [3.63, 3.8) is 0 Å². The van der Waals surface area contributed by atoms with Crippen molar-refractivity contribution in [1.29, 1.82) is 0 Å². The van der Waals surface area contributed by atoms with E-state index in [1.807, 2.05) is 0 Å². The maximum Gasteiger partial charge on any atom is 0.0664 e. The fourth-order valence-electron chi connectivity index (χ4n) is 2.63. The molecule has 90 valence electrons. The first kappa shape index (κ1) is 13.0. The summed E-state index contributed by atoms with van der Waals surface area (Å²) in [5, 5.41) is 13.0. The van der Waals surface area contributed by atoms with E-state index in [0.717, 1.165) is 37.8 Å². The van der Waals surface area contributed by atoms with Gasteiger partial charge in [-0.25, -0.2) is 0 Å². The van der Waals surface area contributed by atoms with Gasteiger partial charge >= 0.3 is 0 Å². The van der Waals surface area contributed by atoms with Gasteiger partial charge in [0.25, 0.3) is 0 Å². The van der Waals surface area contributed by atoms with Crippen molar-refractivity contribution in [1.82, 2.24) is 5.32 Å². The molecule has 3 unspecified atom stereocenters. The van der Waals surface area contributed by atoms with E-state index in [0.29, 0.717) is 0 Å². The third kappa shape index (κ3) is 5.53. The zero-order valence-electron chi connectivity index (χ0n) is 10.3. The van der Waals surface area contributed by atoms with Gasteiger partial charge in [-0.1, -0.05) is 33.1 Å². The Labute approximate surface area is 94.5 Å². The molecule has 0 radical (unpaired) electrons. The Morgan fingerprint density at radius 1 is 1.40 bits per heavy atom. The lowest BCUT2D eigenvalue weighted by molar-refractivity contribution is 0.156. The molecule has 0 aromatic rings. The van der Waals surface area contributed by atoms with Gasteiger partial charge in [0, 0.05) is 6.54 Å². The molecule has 1 aliphatic carbocycles. The molecule has 1 rings (SSSR count). The van der Waals surface area contributed by atoms with E-state index in [-0.39, 0.29) is 6.10 Å². The van der Waals surface area contributed by atoms with E-state index >= 15 is 0 Å². The van der Waals surface area contributed by atoms with Gasteiger partial charge in [0.05, 0.1) is 6.10 Å². The third-order valence-corrected chi connectivity index (χ3v) is 3.48. The van der Waals surface area contributed by atoms with Crippen LogP contribution in [-0.2, 0) is 0 Å². The van der Waals surface area contributed by atoms with Crippen molar-refractivity contribution in [2.45, 2.75) is 58.5 Å². The molecule has 0 spiro atoms. The Morgan fingerprint density at radius 3 is 2.87 bits per heavy atom. The van der Waals surface area contributed by atoms with Gasteiger partial charge in [0.15, 0.2) is 0 Å². The molecule has 0 bridgehead atoms. The molecule has 1 saturated carbocycles. The lowest BCUT2D eigenvalue weighted by Crippen LogP contribution is -2.32. The number of hydrogen-bond acceptors (Lipinski definition) is 2. The second kappa shape index (κ2) is 7.24. The van der Waals surface area contributed by atoms with Gasteiger partial charge in [-0.2, -0.15) is 0 Å². The Bertz CT molecular complexity index is 161. The molecule has 2 nitrogen and oxygen atoms in total. The maximum atomic E-state index is 9.57. The highest BCUT2D eigenvalue weighted by atomic mass is 16.3. The molecule has 0 aromatic carbocycles. The van der Waals surface area contributed by atoms with Crippen LogP contribution in [0.4, 0.5) is 0 Å². The number of hydrogen-bond donors (Lipinski definition) is 2. The van der Waals surface area contributed by atoms with Crippen LogP contribution in [-0.4, -0.2) is 24.3 Å². The Balaban J connectivity index is 2.03. The van der Waals surface area contributed by atoms with Gasteiger partial charge in [0.2, 0.25) is 0 Å². The summed E-state index contributed by atoms with van der Waals surface area (Å²) in [6, 6.07) is 0. The first-order valence-electron chi connectivity index (χ1n) is 6.61. The quantitative estimate of drug-likeness (QED) is 0.711. The summed E-state index contributed by atoms with van der Waals surface area (Å²) in [5.41, 5.74) is 0. The largest absolute Gasteiger partial charge is 0.392 e. The van der Waals surface area contributed by atoms with Crippen molar-refractivity contribution in [3.05, 3.63) is 0 Å². The van der Waals surface area contributed by atoms with E-state index in [1.54, 1.807) is 0 Å². The highest BCUT2D eigenvalue weighted by Crippen LogP contribution is 2.27. The molecule has 0 saturated heterocycles. The predicted octanol–water partition coefficient (Wildman–Crippen LogP) is 2.56. The van der Waals surface area contributed by atoms with E-state index in [2.05, 4.69) is 19.2 Å². The summed E-state index contributed by atoms with van der Waals surface area (Å²) in [6.45, 7) is 6.36. The molecule has 1 aliphatic rings. The summed E-state index contributed by atoms with van der Waals surface area (Å²) >= 11 is 0. The van der Waals surface area contributed by atoms with Crippen molar-refractivity contribution in [2.24, 2.45) is 11.8 Å². The lowest BCUT2D eigenvalue weighted by atomic mass is 9.82. The minimum atomic E-state index is -0.143. The third-order valence-electron chi connectivity index (χ3n) is 3.48. The summed E-state index contributed by atoms with van der Waals surface area (Å²) in [6.07, 6.45) is 7.41. The average molecular weight is 213 g/mol. The number of rotatable bonds is 6. The van der Waals surface area contributed by atoms with E-state index in [1.165, 1.54) is 25.7 Å². The smallest absolute Gasteiger partial charge is 0.0664 e. The summed E-state index contributed by atoms with van der Waals surface area (Å²) in [7, 11) is 0. The van der Waals surface area contributed by atoms with E-state index in [9.17, 15) is 5.11 Å². The van der Waals surface area contributed by atoms with Crippen LogP contribution in [0.25, 0.3) is 0 Å². The van der Waals surface area contributed by atoms with Crippen LogP contribution in [0, 0.1) is 11.8 Å². The molecular weight excluding hydrogens is 186 g/mol. The molecule has 3 atom stereocenters. The van der Waals surface area contributed by atoms with Crippen LogP contribution in [0.15, 0.2) is 0 Å². The zero-order valence-corrected chi connectivity index (χ0v) is 10.3. The van der Waals surface area contributed by atoms with Crippen LogP contribution < -0.4 is 5.32 Å². The molecular formula is C13H27NO. The summed E-state index contributed by atoms with van der Waals surface area (Å²) in [5.74, 6) is 1.76. The Kier molecular flexibility index (Phi) is 6.26. The van der Waals surface area contributed by atoms with Gasteiger partial charge in [-0.05, 0) is 37.6 Å². The van der Waals surface area contributed by atoms with Crippen LogP contribution in [0.1, 0.15) is 52.4 Å². The molecule has 2 heteroatoms. The predicted molar refractivity (Wildman–Crippen MR) is 64.9 cm³/mol. The lowest BCUT2D eigenvalue weighted by Gasteiger charge is -2.27. The van der Waals surface area contributed by atoms with E-state index < -0.39 is 0 Å². The molecule has 0 heterocycles. The van der Waals surface area contributed by atoms with Crippen LogP contribution in [0.5, 0.6) is 0 Å². The van der Waals surface area contributed by atoms with Gasteiger partial charge < -0.3 is 10.4 Å². The van der Waals surface area contributed by atoms with Gasteiger partial charge in [-0.15, -0.1) is 0 Å². The minimum Gasteiger partial charge on any atom is -0.392 e. The average Bonchev–Trinajstić information content (AvgIpc) is 2.18. The molecule has 2 N–H and O–H groups in total. The fraction of sp³-hybridized carbons (Fsp3) is 1.00. The monoisotopic (exact) mass is 213 g/mol. The normalized spacial score (nSPS) is 29.0. The molecule has 15 heavy (non-hydrogen) atoms. The highest BCUT2D eigenvalue weighted by Gasteiger charge is 2.18. The summed E-state index contributed by atoms with van der Waals surface area (Å²) in [4.78, 5) is 0. The number of aliphatic hydroxyl groups is 1. The maximum absolute atomic E-state index is 9.57. The molecule has 0 amide bonds. The van der Waals surface area contributed by atoms with Crippen molar-refractivity contribution in [3.8, 4) is 0 Å². The zero-order chi connectivity index (χ0) is 11.1. The SMILES string of the molecule is CCCC(O)CNCC1CCCC(C)C1. The van der Waals surface area contributed by atoms with E-state index in [4.69, 9.17) is 0 Å². The van der Waals surface area contributed by atoms with Gasteiger partial charge in [0.1, 0.15) is 0 Å². The molecule has 1 fully saturated rings. The summed E-state index contributed by atoms with van der Waals surface area (Å²) < 4.78 is 0. The number of aliphatic hydroxyl groups excluding tert-OH is 1. The van der Waals surface area contributed by atoms with Crippen molar-refractivity contribution in [2.75, 3.05) is 13.1 Å². The first-order valence-corrected chi connectivity index (χ1v) is 6.61.